The minimum atomic E-state index is -0.436. The second kappa shape index (κ2) is 2.99. The van der Waals surface area contributed by atoms with E-state index in [1.165, 1.54) is 0 Å². The highest BCUT2D eigenvalue weighted by Crippen LogP contribution is 2.53. The van der Waals surface area contributed by atoms with E-state index < -0.39 is 5.41 Å². The third-order valence-electron chi connectivity index (χ3n) is 2.76. The van der Waals surface area contributed by atoms with Crippen LogP contribution in [0, 0.1) is 18.3 Å². The van der Waals surface area contributed by atoms with Gasteiger partial charge < -0.3 is 5.11 Å². The Morgan fingerprint density at radius 1 is 1.50 bits per heavy atom. The van der Waals surface area contributed by atoms with Gasteiger partial charge in [0.1, 0.15) is 5.75 Å². The van der Waals surface area contributed by atoms with E-state index >= 15 is 0 Å². The molecule has 0 bridgehead atoms. The van der Waals surface area contributed by atoms with Gasteiger partial charge in [-0.2, -0.15) is 5.26 Å². The standard InChI is InChI=1S/C11H10BrNO/c1-7-2-3-8(14)9(10(7)12)11(6-13)4-5-11/h2-3,14H,4-5H2,1H3. The lowest BCUT2D eigenvalue weighted by Crippen LogP contribution is -2.05. The second-order valence-electron chi connectivity index (χ2n) is 3.78. The van der Waals surface area contributed by atoms with Gasteiger partial charge in [0.15, 0.2) is 0 Å². The highest BCUT2D eigenvalue weighted by atomic mass is 79.9. The van der Waals surface area contributed by atoms with Crippen molar-refractivity contribution < 1.29 is 5.11 Å². The van der Waals surface area contributed by atoms with Crippen molar-refractivity contribution in [3.63, 3.8) is 0 Å². The second-order valence-corrected chi connectivity index (χ2v) is 4.58. The number of rotatable bonds is 1. The number of benzene rings is 1. The molecule has 3 heteroatoms. The molecule has 1 fully saturated rings. The first kappa shape index (κ1) is 9.54. The van der Waals surface area contributed by atoms with Gasteiger partial charge in [-0.15, -0.1) is 0 Å². The maximum absolute atomic E-state index is 9.74. The largest absolute Gasteiger partial charge is 0.508 e. The van der Waals surface area contributed by atoms with E-state index in [2.05, 4.69) is 22.0 Å². The Hall–Kier alpha value is -1.01. The SMILES string of the molecule is Cc1ccc(O)c(C2(C#N)CC2)c1Br. The van der Waals surface area contributed by atoms with Crippen molar-refractivity contribution in [2.24, 2.45) is 0 Å². The molecule has 1 aliphatic rings. The van der Waals surface area contributed by atoms with Gasteiger partial charge in [-0.25, -0.2) is 0 Å². The number of aromatic hydroxyl groups is 1. The molecular weight excluding hydrogens is 242 g/mol. The molecule has 1 aromatic rings. The highest BCUT2D eigenvalue weighted by Gasteiger charge is 2.48. The Labute approximate surface area is 91.3 Å². The van der Waals surface area contributed by atoms with Crippen LogP contribution >= 0.6 is 15.9 Å². The number of nitriles is 1. The van der Waals surface area contributed by atoms with Gasteiger partial charge in [-0.1, -0.05) is 22.0 Å². The van der Waals surface area contributed by atoms with Crippen molar-refractivity contribution >= 4 is 15.9 Å². The van der Waals surface area contributed by atoms with E-state index in [4.69, 9.17) is 5.26 Å². The molecule has 2 rings (SSSR count). The van der Waals surface area contributed by atoms with E-state index in [1.807, 2.05) is 13.0 Å². The van der Waals surface area contributed by atoms with Gasteiger partial charge in [-0.05, 0) is 31.4 Å². The van der Waals surface area contributed by atoms with Gasteiger partial charge >= 0.3 is 0 Å². The Balaban J connectivity index is 2.64. The van der Waals surface area contributed by atoms with E-state index in [1.54, 1.807) is 6.07 Å². The Morgan fingerprint density at radius 3 is 2.64 bits per heavy atom. The summed E-state index contributed by atoms with van der Waals surface area (Å²) in [4.78, 5) is 0. The first-order valence-electron chi connectivity index (χ1n) is 4.50. The minimum Gasteiger partial charge on any atom is -0.508 e. The zero-order chi connectivity index (χ0) is 10.3. The average Bonchev–Trinajstić information content (AvgIpc) is 2.93. The zero-order valence-electron chi connectivity index (χ0n) is 7.84. The van der Waals surface area contributed by atoms with E-state index in [9.17, 15) is 5.11 Å². The van der Waals surface area contributed by atoms with Crippen molar-refractivity contribution in [2.75, 3.05) is 0 Å². The first-order valence-corrected chi connectivity index (χ1v) is 5.30. The summed E-state index contributed by atoms with van der Waals surface area (Å²) in [5.74, 6) is 0.224. The Bertz CT molecular complexity index is 430. The van der Waals surface area contributed by atoms with Gasteiger partial charge in [-0.3, -0.25) is 0 Å². The number of phenols is 1. The normalized spacial score (nSPS) is 17.5. The zero-order valence-corrected chi connectivity index (χ0v) is 9.43. The smallest absolute Gasteiger partial charge is 0.121 e. The van der Waals surface area contributed by atoms with Crippen molar-refractivity contribution in [3.05, 3.63) is 27.7 Å². The van der Waals surface area contributed by atoms with Crippen LogP contribution in [0.5, 0.6) is 5.75 Å². The van der Waals surface area contributed by atoms with Gasteiger partial charge in [0.2, 0.25) is 0 Å². The summed E-state index contributed by atoms with van der Waals surface area (Å²) in [6.07, 6.45) is 1.69. The maximum atomic E-state index is 9.74. The monoisotopic (exact) mass is 251 g/mol. The predicted molar refractivity (Wildman–Crippen MR) is 57.1 cm³/mol. The lowest BCUT2D eigenvalue weighted by atomic mass is 9.95. The predicted octanol–water partition coefficient (Wildman–Crippen LogP) is 3.02. The van der Waals surface area contributed by atoms with E-state index in [0.29, 0.717) is 0 Å². The van der Waals surface area contributed by atoms with Crippen LogP contribution in [0.2, 0.25) is 0 Å². The van der Waals surface area contributed by atoms with Crippen molar-refractivity contribution in [1.82, 2.24) is 0 Å². The van der Waals surface area contributed by atoms with Gasteiger partial charge in [0, 0.05) is 10.0 Å². The molecule has 1 N–H and O–H groups in total. The molecule has 1 aromatic carbocycles. The summed E-state index contributed by atoms with van der Waals surface area (Å²) in [5, 5.41) is 18.8. The molecule has 0 aromatic heterocycles. The molecule has 0 heterocycles. The summed E-state index contributed by atoms with van der Waals surface area (Å²) in [6, 6.07) is 5.79. The fourth-order valence-corrected chi connectivity index (χ4v) is 2.38. The summed E-state index contributed by atoms with van der Waals surface area (Å²) < 4.78 is 0.872. The lowest BCUT2D eigenvalue weighted by molar-refractivity contribution is 0.464. The molecule has 1 saturated carbocycles. The number of halogens is 1. The van der Waals surface area contributed by atoms with E-state index in [-0.39, 0.29) is 5.75 Å². The van der Waals surface area contributed by atoms with Crippen LogP contribution in [-0.4, -0.2) is 5.11 Å². The molecular formula is C11H10BrNO. The Morgan fingerprint density at radius 2 is 2.14 bits per heavy atom. The molecule has 0 saturated heterocycles. The number of nitrogens with zero attached hydrogens (tertiary/aromatic N) is 1. The van der Waals surface area contributed by atoms with Crippen molar-refractivity contribution in [2.45, 2.75) is 25.2 Å². The number of hydrogen-bond acceptors (Lipinski definition) is 2. The maximum Gasteiger partial charge on any atom is 0.121 e. The third-order valence-corrected chi connectivity index (χ3v) is 3.78. The topological polar surface area (TPSA) is 44.0 Å². The number of aryl methyl sites for hydroxylation is 1. The molecule has 0 spiro atoms. The highest BCUT2D eigenvalue weighted by molar-refractivity contribution is 9.10. The van der Waals surface area contributed by atoms with Crippen molar-refractivity contribution in [3.8, 4) is 11.8 Å². The molecule has 0 unspecified atom stereocenters. The average molecular weight is 252 g/mol. The van der Waals surface area contributed by atoms with Crippen LogP contribution in [0.25, 0.3) is 0 Å². The van der Waals surface area contributed by atoms with Gasteiger partial charge in [0.25, 0.3) is 0 Å². The minimum absolute atomic E-state index is 0.224. The molecule has 2 nitrogen and oxygen atoms in total. The third kappa shape index (κ3) is 1.22. The summed E-state index contributed by atoms with van der Waals surface area (Å²) in [6.45, 7) is 1.96. The molecule has 0 atom stereocenters. The van der Waals surface area contributed by atoms with Gasteiger partial charge in [0.05, 0.1) is 11.5 Å². The molecule has 0 aliphatic heterocycles. The van der Waals surface area contributed by atoms with Crippen molar-refractivity contribution in [1.29, 1.82) is 5.26 Å². The number of hydrogen-bond donors (Lipinski definition) is 1. The fraction of sp³-hybridized carbons (Fsp3) is 0.364. The van der Waals surface area contributed by atoms with Crippen LogP contribution in [0.1, 0.15) is 24.0 Å². The number of phenolic OH excluding ortho intramolecular Hbond substituents is 1. The summed E-state index contributed by atoms with van der Waals surface area (Å²) in [5.41, 5.74) is 1.38. The molecule has 0 amide bonds. The van der Waals surface area contributed by atoms with Crippen LogP contribution in [0.15, 0.2) is 16.6 Å². The van der Waals surface area contributed by atoms with E-state index in [0.717, 1.165) is 28.4 Å². The van der Waals surface area contributed by atoms with Crippen LogP contribution < -0.4 is 0 Å². The van der Waals surface area contributed by atoms with Crippen LogP contribution in [0.3, 0.4) is 0 Å². The summed E-state index contributed by atoms with van der Waals surface area (Å²) >= 11 is 3.44. The molecule has 1 aliphatic carbocycles. The van der Waals surface area contributed by atoms with Crippen LogP contribution in [0.4, 0.5) is 0 Å². The van der Waals surface area contributed by atoms with Crippen LogP contribution in [-0.2, 0) is 5.41 Å². The summed E-state index contributed by atoms with van der Waals surface area (Å²) in [7, 11) is 0. The lowest BCUT2D eigenvalue weighted by Gasteiger charge is -2.13. The Kier molecular flexibility index (Phi) is 2.04. The molecule has 0 radical (unpaired) electrons. The fourth-order valence-electron chi connectivity index (χ4n) is 1.67. The molecule has 72 valence electrons. The molecule has 14 heavy (non-hydrogen) atoms. The quantitative estimate of drug-likeness (QED) is 0.834. The first-order chi connectivity index (χ1) is 6.60.